The average Bonchev–Trinajstić information content (AvgIpc) is 2.70. The van der Waals surface area contributed by atoms with E-state index < -0.39 is 4.92 Å². The molecule has 0 aliphatic carbocycles. The van der Waals surface area contributed by atoms with Crippen LogP contribution in [0.3, 0.4) is 0 Å². The van der Waals surface area contributed by atoms with E-state index in [9.17, 15) is 10.1 Å². The van der Waals surface area contributed by atoms with Gasteiger partial charge in [0.15, 0.2) is 5.96 Å². The molecule has 2 N–H and O–H groups in total. The smallest absolute Gasteiger partial charge is 0.269 e. The number of aliphatic imine (C=N–C) groups is 1. The fourth-order valence-corrected chi connectivity index (χ4v) is 3.13. The van der Waals surface area contributed by atoms with Gasteiger partial charge in [0.2, 0.25) is 0 Å². The number of nitro groups is 1. The van der Waals surface area contributed by atoms with Gasteiger partial charge in [-0.2, -0.15) is 0 Å². The molecule has 1 fully saturated rings. The molecule has 0 amide bonds. The minimum absolute atomic E-state index is 0.0939. The zero-order valence-corrected chi connectivity index (χ0v) is 17.0. The first kappa shape index (κ1) is 22.1. The van der Waals surface area contributed by atoms with Crippen LogP contribution < -0.4 is 10.6 Å². The molecule has 1 aromatic carbocycles. The first-order chi connectivity index (χ1) is 13.6. The fourth-order valence-electron chi connectivity index (χ4n) is 3.13. The molecule has 2 rings (SSSR count). The number of hydrogen-bond acceptors (Lipinski definition) is 5. The fraction of sp³-hybridized carbons (Fsp3) is 0.650. The highest BCUT2D eigenvalue weighted by molar-refractivity contribution is 5.79. The van der Waals surface area contributed by atoms with Crippen molar-refractivity contribution in [2.75, 3.05) is 46.4 Å². The van der Waals surface area contributed by atoms with Gasteiger partial charge in [-0.3, -0.25) is 10.1 Å². The molecule has 0 atom stereocenters. The van der Waals surface area contributed by atoms with Gasteiger partial charge in [0.05, 0.1) is 18.1 Å². The van der Waals surface area contributed by atoms with E-state index in [2.05, 4.69) is 27.4 Å². The van der Waals surface area contributed by atoms with Gasteiger partial charge in [-0.25, -0.2) is 4.99 Å². The van der Waals surface area contributed by atoms with Crippen LogP contribution in [0.4, 0.5) is 5.69 Å². The third kappa shape index (κ3) is 8.22. The van der Waals surface area contributed by atoms with Crippen LogP contribution in [0.25, 0.3) is 0 Å². The Hall–Kier alpha value is -2.19. The van der Waals surface area contributed by atoms with Crippen LogP contribution in [0.2, 0.25) is 0 Å². The molecule has 0 unspecified atom stereocenters. The number of guanidine groups is 1. The van der Waals surface area contributed by atoms with Crippen molar-refractivity contribution in [3.05, 3.63) is 39.9 Å². The van der Waals surface area contributed by atoms with Crippen molar-refractivity contribution in [1.29, 1.82) is 0 Å². The number of rotatable bonds is 10. The van der Waals surface area contributed by atoms with E-state index in [0.29, 0.717) is 19.7 Å². The predicted molar refractivity (Wildman–Crippen MR) is 112 cm³/mol. The summed E-state index contributed by atoms with van der Waals surface area (Å²) >= 11 is 0. The molecule has 0 saturated carbocycles. The number of benzene rings is 1. The van der Waals surface area contributed by atoms with Crippen LogP contribution in [0, 0.1) is 16.0 Å². The van der Waals surface area contributed by atoms with Gasteiger partial charge in [0, 0.05) is 32.3 Å². The lowest BCUT2D eigenvalue weighted by Gasteiger charge is -2.30. The van der Waals surface area contributed by atoms with Gasteiger partial charge in [0.25, 0.3) is 5.69 Å². The Morgan fingerprint density at radius 3 is 2.57 bits per heavy atom. The summed E-state index contributed by atoms with van der Waals surface area (Å²) in [5, 5.41) is 17.4. The summed E-state index contributed by atoms with van der Waals surface area (Å²) in [5.41, 5.74) is 1.03. The van der Waals surface area contributed by atoms with Gasteiger partial charge >= 0.3 is 0 Å². The zero-order chi connectivity index (χ0) is 20.2. The van der Waals surface area contributed by atoms with Crippen LogP contribution in [0.15, 0.2) is 29.3 Å². The Balaban J connectivity index is 1.78. The first-order valence-electron chi connectivity index (χ1n) is 10.1. The molecule has 1 saturated heterocycles. The Kier molecular flexibility index (Phi) is 9.71. The molecule has 1 aromatic rings. The SMILES string of the molecule is COCCNC(=NCc1ccc([N+](=O)[O-])cc1)NCCCN1CCC(C)CC1. The van der Waals surface area contributed by atoms with Crippen LogP contribution in [-0.4, -0.2) is 62.2 Å². The highest BCUT2D eigenvalue weighted by atomic mass is 16.6. The lowest BCUT2D eigenvalue weighted by Crippen LogP contribution is -2.41. The normalized spacial score (nSPS) is 16.1. The van der Waals surface area contributed by atoms with Crippen molar-refractivity contribution >= 4 is 11.6 Å². The number of nitro benzene ring substituents is 1. The third-order valence-corrected chi connectivity index (χ3v) is 4.99. The maximum absolute atomic E-state index is 10.7. The summed E-state index contributed by atoms with van der Waals surface area (Å²) in [6.45, 7) is 8.43. The van der Waals surface area contributed by atoms with Crippen molar-refractivity contribution in [2.24, 2.45) is 10.9 Å². The van der Waals surface area contributed by atoms with Gasteiger partial charge in [0.1, 0.15) is 0 Å². The number of nitrogens with zero attached hydrogens (tertiary/aromatic N) is 3. The molecule has 1 aliphatic rings. The van der Waals surface area contributed by atoms with Crippen molar-refractivity contribution < 1.29 is 9.66 Å². The van der Waals surface area contributed by atoms with E-state index in [0.717, 1.165) is 37.0 Å². The molecule has 8 nitrogen and oxygen atoms in total. The summed E-state index contributed by atoms with van der Waals surface area (Å²) in [7, 11) is 1.67. The van der Waals surface area contributed by atoms with Gasteiger partial charge < -0.3 is 20.3 Å². The second-order valence-electron chi connectivity index (χ2n) is 7.31. The molecular formula is C20H33N5O3. The van der Waals surface area contributed by atoms with E-state index in [1.165, 1.54) is 38.1 Å². The maximum Gasteiger partial charge on any atom is 0.269 e. The molecule has 0 aromatic heterocycles. The predicted octanol–water partition coefficient (Wildman–Crippen LogP) is 2.40. The molecule has 156 valence electrons. The quantitative estimate of drug-likeness (QED) is 0.209. The number of ether oxygens (including phenoxy) is 1. The number of non-ortho nitro benzene ring substituents is 1. The van der Waals surface area contributed by atoms with Gasteiger partial charge in [-0.15, -0.1) is 0 Å². The summed E-state index contributed by atoms with van der Waals surface area (Å²) in [6.07, 6.45) is 3.67. The Morgan fingerprint density at radius 1 is 1.25 bits per heavy atom. The highest BCUT2D eigenvalue weighted by Gasteiger charge is 2.14. The van der Waals surface area contributed by atoms with Gasteiger partial charge in [-0.1, -0.05) is 19.1 Å². The van der Waals surface area contributed by atoms with E-state index in [-0.39, 0.29) is 5.69 Å². The zero-order valence-electron chi connectivity index (χ0n) is 17.0. The Bertz CT molecular complexity index is 613. The maximum atomic E-state index is 10.7. The number of hydrogen-bond donors (Lipinski definition) is 2. The lowest BCUT2D eigenvalue weighted by atomic mass is 9.99. The second-order valence-corrected chi connectivity index (χ2v) is 7.31. The molecule has 28 heavy (non-hydrogen) atoms. The molecule has 1 heterocycles. The molecule has 0 bridgehead atoms. The van der Waals surface area contributed by atoms with Crippen LogP contribution >= 0.6 is 0 Å². The number of nitrogens with one attached hydrogen (secondary N) is 2. The van der Waals surface area contributed by atoms with Crippen molar-refractivity contribution in [2.45, 2.75) is 32.7 Å². The largest absolute Gasteiger partial charge is 0.383 e. The average molecular weight is 392 g/mol. The van der Waals surface area contributed by atoms with E-state index in [4.69, 9.17) is 4.74 Å². The number of methoxy groups -OCH3 is 1. The van der Waals surface area contributed by atoms with Crippen LogP contribution in [-0.2, 0) is 11.3 Å². The second kappa shape index (κ2) is 12.3. The number of likely N-dealkylation sites (tertiary alicyclic amines) is 1. The van der Waals surface area contributed by atoms with Crippen molar-refractivity contribution in [3.63, 3.8) is 0 Å². The molecule has 0 radical (unpaired) electrons. The molecular weight excluding hydrogens is 358 g/mol. The minimum Gasteiger partial charge on any atom is -0.383 e. The molecule has 0 spiro atoms. The highest BCUT2D eigenvalue weighted by Crippen LogP contribution is 2.15. The Morgan fingerprint density at radius 2 is 1.93 bits per heavy atom. The topological polar surface area (TPSA) is 92.0 Å². The Labute approximate surface area is 167 Å². The summed E-state index contributed by atoms with van der Waals surface area (Å²) in [5.74, 6) is 1.60. The third-order valence-electron chi connectivity index (χ3n) is 4.99. The summed E-state index contributed by atoms with van der Waals surface area (Å²) < 4.78 is 5.09. The first-order valence-corrected chi connectivity index (χ1v) is 10.1. The van der Waals surface area contributed by atoms with E-state index in [1.807, 2.05) is 0 Å². The number of piperidine rings is 1. The molecule has 1 aliphatic heterocycles. The van der Waals surface area contributed by atoms with Crippen molar-refractivity contribution in [1.82, 2.24) is 15.5 Å². The lowest BCUT2D eigenvalue weighted by molar-refractivity contribution is -0.384. The van der Waals surface area contributed by atoms with E-state index in [1.54, 1.807) is 19.2 Å². The summed E-state index contributed by atoms with van der Waals surface area (Å²) in [4.78, 5) is 17.5. The minimum atomic E-state index is -0.394. The standard InChI is InChI=1S/C20H33N5O3/c1-17-8-13-24(14-9-17)12-3-10-21-20(22-11-15-28-2)23-16-18-4-6-19(7-5-18)25(26)27/h4-7,17H,3,8-16H2,1-2H3,(H2,21,22,23). The molecule has 8 heteroatoms. The van der Waals surface area contributed by atoms with Crippen LogP contribution in [0.1, 0.15) is 31.7 Å². The van der Waals surface area contributed by atoms with Gasteiger partial charge in [-0.05, 0) is 50.4 Å². The van der Waals surface area contributed by atoms with Crippen LogP contribution in [0.5, 0.6) is 0 Å². The summed E-state index contributed by atoms with van der Waals surface area (Å²) in [6, 6.07) is 6.50. The van der Waals surface area contributed by atoms with Crippen molar-refractivity contribution in [3.8, 4) is 0 Å². The monoisotopic (exact) mass is 391 g/mol. The van der Waals surface area contributed by atoms with E-state index >= 15 is 0 Å².